The van der Waals surface area contributed by atoms with E-state index in [0.29, 0.717) is 0 Å². The van der Waals surface area contributed by atoms with E-state index >= 15 is 0 Å². The molecule has 0 aliphatic rings. The van der Waals surface area contributed by atoms with Gasteiger partial charge in [0.25, 0.3) is 0 Å². The number of anilines is 7. The van der Waals surface area contributed by atoms with Crippen molar-refractivity contribution in [1.82, 2.24) is 0 Å². The molecule has 3 nitrogen and oxygen atoms in total. The van der Waals surface area contributed by atoms with Crippen molar-refractivity contribution in [2.45, 2.75) is 13.8 Å². The quantitative estimate of drug-likeness (QED) is 0.231. The number of nitrogens with one attached hydrogen (secondary N) is 1. The molecule has 0 amide bonds. The molecule has 1 N–H and O–H groups in total. The number of benzene rings is 5. The van der Waals surface area contributed by atoms with Crippen LogP contribution in [0.4, 0.5) is 39.8 Å². The van der Waals surface area contributed by atoms with Crippen LogP contribution in [-0.4, -0.2) is 7.05 Å². The lowest BCUT2D eigenvalue weighted by Gasteiger charge is -2.29. The lowest BCUT2D eigenvalue weighted by atomic mass is 10.0. The topological polar surface area (TPSA) is 18.5 Å². The zero-order valence-corrected chi connectivity index (χ0v) is 22.2. The molecule has 0 aliphatic carbocycles. The molecular formula is C35H33N3. The van der Waals surface area contributed by atoms with Gasteiger partial charge in [0.1, 0.15) is 0 Å². The first-order valence-electron chi connectivity index (χ1n) is 13.0. The van der Waals surface area contributed by atoms with Gasteiger partial charge in [-0.3, -0.25) is 0 Å². The summed E-state index contributed by atoms with van der Waals surface area (Å²) in [6, 6.07) is 47.0. The Kier molecular flexibility index (Phi) is 7.56. The van der Waals surface area contributed by atoms with E-state index in [4.69, 9.17) is 0 Å². The molecule has 0 radical (unpaired) electrons. The fourth-order valence-corrected chi connectivity index (χ4v) is 4.75. The normalized spacial score (nSPS) is 11.2. The van der Waals surface area contributed by atoms with E-state index in [-0.39, 0.29) is 0 Å². The predicted molar refractivity (Wildman–Crippen MR) is 165 cm³/mol. The van der Waals surface area contributed by atoms with Crippen molar-refractivity contribution in [3.05, 3.63) is 145 Å². The molecule has 5 rings (SSSR count). The lowest BCUT2D eigenvalue weighted by molar-refractivity contribution is 1.25. The minimum Gasteiger partial charge on any atom is -0.388 e. The van der Waals surface area contributed by atoms with E-state index in [1.54, 1.807) is 0 Å². The first-order chi connectivity index (χ1) is 18.7. The van der Waals surface area contributed by atoms with Crippen molar-refractivity contribution in [3.63, 3.8) is 0 Å². The Bertz CT molecular complexity index is 1450. The van der Waals surface area contributed by atoms with Gasteiger partial charge in [-0.2, -0.15) is 0 Å². The summed E-state index contributed by atoms with van der Waals surface area (Å²) in [7, 11) is 1.97. The van der Waals surface area contributed by atoms with Crippen molar-refractivity contribution in [1.29, 1.82) is 0 Å². The Morgan fingerprint density at radius 1 is 0.526 bits per heavy atom. The minimum absolute atomic E-state index is 1.10. The van der Waals surface area contributed by atoms with Crippen LogP contribution in [-0.2, 0) is 0 Å². The van der Waals surface area contributed by atoms with E-state index in [0.717, 1.165) is 39.8 Å². The monoisotopic (exact) mass is 495 g/mol. The second kappa shape index (κ2) is 11.5. The second-order valence-electron chi connectivity index (χ2n) is 9.15. The molecule has 3 heteroatoms. The summed E-state index contributed by atoms with van der Waals surface area (Å²) in [5, 5.41) is 3.34. The van der Waals surface area contributed by atoms with Crippen LogP contribution in [0.25, 0.3) is 5.57 Å². The maximum absolute atomic E-state index is 3.34. The summed E-state index contributed by atoms with van der Waals surface area (Å²) >= 11 is 0. The van der Waals surface area contributed by atoms with Gasteiger partial charge in [-0.05, 0) is 98.3 Å². The molecule has 0 aromatic heterocycles. The van der Waals surface area contributed by atoms with Crippen molar-refractivity contribution in [2.24, 2.45) is 0 Å². The highest BCUT2D eigenvalue weighted by molar-refractivity contribution is 5.85. The van der Waals surface area contributed by atoms with E-state index in [1.165, 1.54) is 11.1 Å². The zero-order valence-electron chi connectivity index (χ0n) is 22.2. The van der Waals surface area contributed by atoms with Gasteiger partial charge in [-0.15, -0.1) is 0 Å². The van der Waals surface area contributed by atoms with Crippen LogP contribution < -0.4 is 15.1 Å². The average Bonchev–Trinajstić information content (AvgIpc) is 2.99. The molecule has 0 fully saturated rings. The van der Waals surface area contributed by atoms with Crippen LogP contribution >= 0.6 is 0 Å². The molecule has 0 bridgehead atoms. The van der Waals surface area contributed by atoms with Crippen LogP contribution in [0, 0.1) is 0 Å². The first-order valence-corrected chi connectivity index (χ1v) is 13.0. The highest BCUT2D eigenvalue weighted by Gasteiger charge is 2.17. The summed E-state index contributed by atoms with van der Waals surface area (Å²) in [6.45, 7) is 4.24. The first kappa shape index (κ1) is 24.9. The van der Waals surface area contributed by atoms with Gasteiger partial charge in [-0.1, -0.05) is 60.7 Å². The Morgan fingerprint density at radius 3 is 1.29 bits per heavy atom. The molecule has 0 saturated heterocycles. The summed E-state index contributed by atoms with van der Waals surface area (Å²) in [5.41, 5.74) is 10.2. The van der Waals surface area contributed by atoms with Crippen LogP contribution in [0.1, 0.15) is 19.4 Å². The molecular weight excluding hydrogens is 462 g/mol. The van der Waals surface area contributed by atoms with E-state index in [9.17, 15) is 0 Å². The molecule has 0 heterocycles. The highest BCUT2D eigenvalue weighted by Crippen LogP contribution is 2.40. The van der Waals surface area contributed by atoms with Crippen molar-refractivity contribution >= 4 is 45.4 Å². The van der Waals surface area contributed by atoms with Gasteiger partial charge in [0.2, 0.25) is 0 Å². The molecule has 188 valence electrons. The predicted octanol–water partition coefficient (Wildman–Crippen LogP) is 10.1. The third-order valence-corrected chi connectivity index (χ3v) is 6.80. The standard InChI is InChI=1S/C35H33N3/c1-4-27(2)34-26-33(24-25-35(34)36-3)38(30-18-12-7-13-19-30)32-22-20-31(21-23-32)37(28-14-8-5-9-15-28)29-16-10-6-11-17-29/h4-26,36H,1-3H3/b27-4+. The molecule has 38 heavy (non-hydrogen) atoms. The van der Waals surface area contributed by atoms with Gasteiger partial charge in [0.05, 0.1) is 0 Å². The number of nitrogens with zero attached hydrogens (tertiary/aromatic N) is 2. The fraction of sp³-hybridized carbons (Fsp3) is 0.0857. The van der Waals surface area contributed by atoms with Crippen LogP contribution in [0.3, 0.4) is 0 Å². The van der Waals surface area contributed by atoms with Crippen molar-refractivity contribution in [3.8, 4) is 0 Å². The van der Waals surface area contributed by atoms with Crippen molar-refractivity contribution in [2.75, 3.05) is 22.2 Å². The van der Waals surface area contributed by atoms with E-state index in [2.05, 4.69) is 169 Å². The van der Waals surface area contributed by atoms with Gasteiger partial charge < -0.3 is 15.1 Å². The van der Waals surface area contributed by atoms with Crippen molar-refractivity contribution < 1.29 is 0 Å². The fourth-order valence-electron chi connectivity index (χ4n) is 4.75. The van der Waals surface area contributed by atoms with E-state index < -0.39 is 0 Å². The number of allylic oxidation sites excluding steroid dienone is 2. The lowest BCUT2D eigenvalue weighted by Crippen LogP contribution is -2.12. The minimum atomic E-state index is 1.10. The zero-order chi connectivity index (χ0) is 26.3. The Labute approximate surface area is 226 Å². The smallest absolute Gasteiger partial charge is 0.0469 e. The molecule has 0 unspecified atom stereocenters. The van der Waals surface area contributed by atoms with Gasteiger partial charge in [0, 0.05) is 52.4 Å². The third-order valence-electron chi connectivity index (χ3n) is 6.80. The van der Waals surface area contributed by atoms with E-state index in [1.807, 2.05) is 7.05 Å². The Hall–Kier alpha value is -4.76. The number of para-hydroxylation sites is 3. The van der Waals surface area contributed by atoms with Crippen LogP contribution in [0.5, 0.6) is 0 Å². The molecule has 0 atom stereocenters. The number of hydrogen-bond acceptors (Lipinski definition) is 3. The number of rotatable bonds is 8. The molecule has 5 aromatic carbocycles. The maximum Gasteiger partial charge on any atom is 0.0469 e. The average molecular weight is 496 g/mol. The highest BCUT2D eigenvalue weighted by atomic mass is 15.2. The summed E-state index contributed by atoms with van der Waals surface area (Å²) < 4.78 is 0. The van der Waals surface area contributed by atoms with Crippen LogP contribution in [0.15, 0.2) is 140 Å². The van der Waals surface area contributed by atoms with Gasteiger partial charge in [-0.25, -0.2) is 0 Å². The van der Waals surface area contributed by atoms with Crippen LogP contribution in [0.2, 0.25) is 0 Å². The molecule has 5 aromatic rings. The summed E-state index contributed by atoms with van der Waals surface area (Å²) in [4.78, 5) is 4.59. The largest absolute Gasteiger partial charge is 0.388 e. The Morgan fingerprint density at radius 2 is 0.895 bits per heavy atom. The summed E-state index contributed by atoms with van der Waals surface area (Å²) in [6.07, 6.45) is 2.16. The van der Waals surface area contributed by atoms with Gasteiger partial charge >= 0.3 is 0 Å². The second-order valence-corrected chi connectivity index (χ2v) is 9.15. The molecule has 0 aliphatic heterocycles. The third kappa shape index (κ3) is 5.18. The maximum atomic E-state index is 3.34. The summed E-state index contributed by atoms with van der Waals surface area (Å²) in [5.74, 6) is 0. The van der Waals surface area contributed by atoms with Gasteiger partial charge in [0.15, 0.2) is 0 Å². The number of hydrogen-bond donors (Lipinski definition) is 1. The molecule has 0 saturated carbocycles. The Balaban J connectivity index is 1.60. The molecule has 0 spiro atoms. The SMILES string of the molecule is C/C=C(\C)c1cc(N(c2ccccc2)c2ccc(N(c3ccccc3)c3ccccc3)cc2)ccc1NC.